The number of aliphatic hydroxyl groups excluding tert-OH is 1. The van der Waals surface area contributed by atoms with E-state index in [9.17, 15) is 5.11 Å². The summed E-state index contributed by atoms with van der Waals surface area (Å²) < 4.78 is 0. The van der Waals surface area contributed by atoms with Gasteiger partial charge in [-0.2, -0.15) is 0 Å². The maximum absolute atomic E-state index is 10.4. The third-order valence-corrected chi connectivity index (χ3v) is 6.85. The lowest BCUT2D eigenvalue weighted by Crippen LogP contribution is -2.39. The second-order valence-electron chi connectivity index (χ2n) is 7.53. The molecule has 2 bridgehead atoms. The Morgan fingerprint density at radius 2 is 1.75 bits per heavy atom. The van der Waals surface area contributed by atoms with E-state index in [-0.39, 0.29) is 6.10 Å². The Morgan fingerprint density at radius 3 is 2.44 bits per heavy atom. The summed E-state index contributed by atoms with van der Waals surface area (Å²) in [5.74, 6) is 2.98. The molecule has 0 aromatic heterocycles. The van der Waals surface area contributed by atoms with E-state index >= 15 is 0 Å². The summed E-state index contributed by atoms with van der Waals surface area (Å²) >= 11 is 0. The van der Waals surface area contributed by atoms with Crippen molar-refractivity contribution >= 4 is 0 Å². The molecule has 3 rings (SSSR count). The molecule has 0 aromatic carbocycles. The highest BCUT2D eigenvalue weighted by molar-refractivity contribution is 5.15. The van der Waals surface area contributed by atoms with Gasteiger partial charge in [0.05, 0.1) is 6.10 Å². The fraction of sp³-hybridized carbons (Fsp3) is 1.00. The van der Waals surface area contributed by atoms with Gasteiger partial charge in [0.2, 0.25) is 0 Å². The van der Waals surface area contributed by atoms with Gasteiger partial charge in [-0.15, -0.1) is 0 Å². The summed E-state index contributed by atoms with van der Waals surface area (Å²) in [6.45, 7) is 9.64. The molecule has 0 aliphatic heterocycles. The van der Waals surface area contributed by atoms with E-state index in [0.717, 1.165) is 24.2 Å². The van der Waals surface area contributed by atoms with E-state index in [1.54, 1.807) is 0 Å². The number of hydrogen-bond donors (Lipinski definition) is 1. The van der Waals surface area contributed by atoms with Gasteiger partial charge in [-0.3, -0.25) is 0 Å². The largest absolute Gasteiger partial charge is 0.393 e. The normalized spacial score (nSPS) is 58.7. The maximum atomic E-state index is 10.4. The summed E-state index contributed by atoms with van der Waals surface area (Å²) in [4.78, 5) is 0. The summed E-state index contributed by atoms with van der Waals surface area (Å²) in [5.41, 5.74) is 0.960. The van der Waals surface area contributed by atoms with Crippen LogP contribution in [0.3, 0.4) is 0 Å². The van der Waals surface area contributed by atoms with Crippen LogP contribution in [-0.4, -0.2) is 11.2 Å². The Kier molecular flexibility index (Phi) is 2.11. The summed E-state index contributed by atoms with van der Waals surface area (Å²) in [5, 5.41) is 10.4. The zero-order valence-corrected chi connectivity index (χ0v) is 11.2. The second kappa shape index (κ2) is 3.04. The summed E-state index contributed by atoms with van der Waals surface area (Å²) in [6, 6.07) is 0. The quantitative estimate of drug-likeness (QED) is 0.665. The van der Waals surface area contributed by atoms with E-state index < -0.39 is 0 Å². The Bertz CT molecular complexity index is 309. The van der Waals surface area contributed by atoms with Crippen LogP contribution in [0.25, 0.3) is 0 Å². The van der Waals surface area contributed by atoms with E-state index in [1.807, 2.05) is 0 Å². The molecular weight excluding hydrogens is 196 g/mol. The lowest BCUT2D eigenvalue weighted by molar-refractivity contribution is -0.0194. The molecule has 16 heavy (non-hydrogen) atoms. The average molecular weight is 222 g/mol. The lowest BCUT2D eigenvalue weighted by Gasteiger charge is -2.42. The van der Waals surface area contributed by atoms with Gasteiger partial charge in [0.1, 0.15) is 0 Å². The van der Waals surface area contributed by atoms with Crippen LogP contribution >= 0.6 is 0 Å². The molecule has 1 N–H and O–H groups in total. The van der Waals surface area contributed by atoms with E-state index in [1.165, 1.54) is 19.3 Å². The first-order valence-corrected chi connectivity index (χ1v) is 7.07. The molecular formula is C15H26O. The molecule has 3 fully saturated rings. The Balaban J connectivity index is 2.06. The van der Waals surface area contributed by atoms with Crippen LogP contribution in [0.5, 0.6) is 0 Å². The van der Waals surface area contributed by atoms with Crippen molar-refractivity contribution in [2.45, 2.75) is 59.5 Å². The van der Waals surface area contributed by atoms with Crippen LogP contribution in [0.2, 0.25) is 0 Å². The summed E-state index contributed by atoms with van der Waals surface area (Å²) in [6.07, 6.45) is 5.24. The maximum Gasteiger partial charge on any atom is 0.0574 e. The van der Waals surface area contributed by atoms with Crippen LogP contribution in [-0.2, 0) is 0 Å². The monoisotopic (exact) mass is 222 g/mol. The molecule has 1 heteroatoms. The summed E-state index contributed by atoms with van der Waals surface area (Å²) in [7, 11) is 0. The minimum atomic E-state index is -0.0384. The first kappa shape index (κ1) is 11.1. The number of fused-ring (bicyclic) bond motifs is 1. The minimum absolute atomic E-state index is 0.0384. The molecule has 3 aliphatic carbocycles. The van der Waals surface area contributed by atoms with E-state index in [4.69, 9.17) is 0 Å². The highest BCUT2D eigenvalue weighted by Crippen LogP contribution is 2.72. The van der Waals surface area contributed by atoms with E-state index in [2.05, 4.69) is 27.7 Å². The molecule has 0 amide bonds. The Labute approximate surface area is 99.6 Å². The van der Waals surface area contributed by atoms with Gasteiger partial charge in [0.25, 0.3) is 0 Å². The van der Waals surface area contributed by atoms with Crippen molar-refractivity contribution in [1.29, 1.82) is 0 Å². The third-order valence-electron chi connectivity index (χ3n) is 6.85. The molecule has 1 nitrogen and oxygen atoms in total. The smallest absolute Gasteiger partial charge is 0.0574 e. The van der Waals surface area contributed by atoms with Gasteiger partial charge in [0.15, 0.2) is 0 Å². The fourth-order valence-electron chi connectivity index (χ4n) is 5.86. The van der Waals surface area contributed by atoms with Crippen molar-refractivity contribution in [3.63, 3.8) is 0 Å². The molecule has 6 atom stereocenters. The van der Waals surface area contributed by atoms with Gasteiger partial charge < -0.3 is 5.11 Å². The van der Waals surface area contributed by atoms with Crippen LogP contribution in [0.4, 0.5) is 0 Å². The average Bonchev–Trinajstić information content (AvgIpc) is 2.59. The standard InChI is InChI=1S/C15H26O/c1-9-5-6-13-14(3,4)11-7-15(9,13)8-12(16)10(11)2/h9-13,16H,5-8H2,1-4H3/t9-,10-,11+,12?,13+,15+/m1/s1. The van der Waals surface area contributed by atoms with Crippen LogP contribution in [0.1, 0.15) is 53.4 Å². The lowest BCUT2D eigenvalue weighted by atomic mass is 9.64. The van der Waals surface area contributed by atoms with Gasteiger partial charge in [-0.25, -0.2) is 0 Å². The molecule has 0 aromatic rings. The molecule has 0 saturated heterocycles. The van der Waals surface area contributed by atoms with E-state index in [0.29, 0.717) is 16.7 Å². The van der Waals surface area contributed by atoms with Crippen molar-refractivity contribution in [2.75, 3.05) is 0 Å². The Hall–Kier alpha value is -0.0400. The fourth-order valence-corrected chi connectivity index (χ4v) is 5.86. The van der Waals surface area contributed by atoms with Crippen molar-refractivity contribution in [1.82, 2.24) is 0 Å². The van der Waals surface area contributed by atoms with Crippen molar-refractivity contribution in [3.8, 4) is 0 Å². The van der Waals surface area contributed by atoms with Crippen molar-refractivity contribution < 1.29 is 5.11 Å². The first-order valence-electron chi connectivity index (χ1n) is 7.07. The van der Waals surface area contributed by atoms with Crippen molar-refractivity contribution in [3.05, 3.63) is 0 Å². The minimum Gasteiger partial charge on any atom is -0.393 e. The van der Waals surface area contributed by atoms with Crippen LogP contribution in [0, 0.1) is 34.5 Å². The topological polar surface area (TPSA) is 20.2 Å². The number of aliphatic hydroxyl groups is 1. The molecule has 3 aliphatic rings. The number of rotatable bonds is 0. The number of hydrogen-bond acceptors (Lipinski definition) is 1. The van der Waals surface area contributed by atoms with Gasteiger partial charge in [-0.05, 0) is 60.2 Å². The SMILES string of the molecule is C[C@@H]1CC[C@H]2C(C)(C)[C@H]3C[C@]12CC(O)[C@@H]3C. The third kappa shape index (κ3) is 1.06. The molecule has 0 radical (unpaired) electrons. The molecule has 0 heterocycles. The van der Waals surface area contributed by atoms with Gasteiger partial charge in [-0.1, -0.05) is 27.7 Å². The van der Waals surface area contributed by atoms with Crippen LogP contribution < -0.4 is 0 Å². The van der Waals surface area contributed by atoms with Gasteiger partial charge >= 0.3 is 0 Å². The molecule has 1 unspecified atom stereocenters. The molecule has 92 valence electrons. The van der Waals surface area contributed by atoms with Crippen LogP contribution in [0.15, 0.2) is 0 Å². The molecule has 3 saturated carbocycles. The molecule has 1 spiro atoms. The predicted molar refractivity (Wildman–Crippen MR) is 66.0 cm³/mol. The Morgan fingerprint density at radius 1 is 1.06 bits per heavy atom. The van der Waals surface area contributed by atoms with Crippen molar-refractivity contribution in [2.24, 2.45) is 34.5 Å². The first-order chi connectivity index (χ1) is 7.39. The predicted octanol–water partition coefficient (Wildman–Crippen LogP) is 3.47. The zero-order valence-electron chi connectivity index (χ0n) is 11.2. The van der Waals surface area contributed by atoms with Gasteiger partial charge in [0, 0.05) is 0 Å². The second-order valence-corrected chi connectivity index (χ2v) is 7.53. The zero-order chi connectivity index (χ0) is 11.7. The highest BCUT2D eigenvalue weighted by atomic mass is 16.3. The highest BCUT2D eigenvalue weighted by Gasteiger charge is 2.66.